The molecule has 1 saturated heterocycles. The molecular formula is C25H29NO4. The fourth-order valence-electron chi connectivity index (χ4n) is 4.10. The lowest BCUT2D eigenvalue weighted by atomic mass is 10.1. The quantitative estimate of drug-likeness (QED) is 0.591. The summed E-state index contributed by atoms with van der Waals surface area (Å²) >= 11 is 0. The Hall–Kier alpha value is -2.69. The van der Waals surface area contributed by atoms with Crippen LogP contribution in [0.2, 0.25) is 0 Å². The molecule has 158 valence electrons. The number of hydrogen-bond acceptors (Lipinski definition) is 4. The lowest BCUT2D eigenvalue weighted by Crippen LogP contribution is -2.32. The molecule has 2 aromatic rings. The molecule has 3 aliphatic rings. The number of nitrogens with zero attached hydrogens (tertiary/aromatic N) is 1. The van der Waals surface area contributed by atoms with Gasteiger partial charge in [0, 0.05) is 24.7 Å². The van der Waals surface area contributed by atoms with Gasteiger partial charge in [-0.05, 0) is 60.9 Å². The van der Waals surface area contributed by atoms with Crippen molar-refractivity contribution in [1.29, 1.82) is 0 Å². The van der Waals surface area contributed by atoms with Crippen LogP contribution in [-0.2, 0) is 4.79 Å². The largest absolute Gasteiger partial charge is 0.493 e. The Morgan fingerprint density at radius 2 is 1.77 bits per heavy atom. The number of amides is 1. The van der Waals surface area contributed by atoms with E-state index in [-0.39, 0.29) is 5.91 Å². The summed E-state index contributed by atoms with van der Waals surface area (Å²) in [5.74, 6) is 3.70. The molecule has 1 atom stereocenters. The van der Waals surface area contributed by atoms with Crippen molar-refractivity contribution in [1.82, 2.24) is 0 Å². The summed E-state index contributed by atoms with van der Waals surface area (Å²) in [6.07, 6.45) is 6.53. The van der Waals surface area contributed by atoms with Crippen LogP contribution in [0, 0.1) is 5.92 Å². The van der Waals surface area contributed by atoms with E-state index in [0.29, 0.717) is 25.3 Å². The predicted octanol–water partition coefficient (Wildman–Crippen LogP) is 4.94. The van der Waals surface area contributed by atoms with Crippen LogP contribution < -0.4 is 19.1 Å². The van der Waals surface area contributed by atoms with Crippen molar-refractivity contribution < 1.29 is 19.0 Å². The highest BCUT2D eigenvalue weighted by Gasteiger charge is 2.35. The zero-order valence-corrected chi connectivity index (χ0v) is 17.5. The SMILES string of the molecule is COc1cc(N2CCC(Oc3ccc(C4CC4)cc3)C2=O)ccc1OCCC1CC1. The molecule has 5 rings (SSSR count). The lowest BCUT2D eigenvalue weighted by Gasteiger charge is -2.19. The van der Waals surface area contributed by atoms with Crippen LogP contribution in [0.25, 0.3) is 0 Å². The average Bonchev–Trinajstić information content (AvgIpc) is 3.69. The molecule has 0 spiro atoms. The Bertz CT molecular complexity index is 902. The summed E-state index contributed by atoms with van der Waals surface area (Å²) in [6.45, 7) is 1.34. The summed E-state index contributed by atoms with van der Waals surface area (Å²) in [6, 6.07) is 13.9. The van der Waals surface area contributed by atoms with Crippen molar-refractivity contribution in [3.63, 3.8) is 0 Å². The summed E-state index contributed by atoms with van der Waals surface area (Å²) in [5.41, 5.74) is 2.19. The maximum absolute atomic E-state index is 13.0. The number of carbonyl (C=O) groups excluding carboxylic acids is 1. The summed E-state index contributed by atoms with van der Waals surface area (Å²) in [5, 5.41) is 0. The third-order valence-electron chi connectivity index (χ3n) is 6.30. The first-order chi connectivity index (χ1) is 14.7. The van der Waals surface area contributed by atoms with Gasteiger partial charge in [-0.15, -0.1) is 0 Å². The predicted molar refractivity (Wildman–Crippen MR) is 116 cm³/mol. The number of carbonyl (C=O) groups is 1. The highest BCUT2D eigenvalue weighted by atomic mass is 16.5. The van der Waals surface area contributed by atoms with Crippen LogP contribution in [0.4, 0.5) is 5.69 Å². The standard InChI is InChI=1S/C25H29NO4/c1-28-24-16-20(8-11-22(24)29-15-13-17-2-3-17)26-14-12-23(25(26)27)30-21-9-6-19(7-10-21)18-4-5-18/h6-11,16-18,23H,2-5,12-15H2,1H3. The minimum absolute atomic E-state index is 0.00859. The molecule has 5 heteroatoms. The topological polar surface area (TPSA) is 48.0 Å². The molecule has 3 fully saturated rings. The van der Waals surface area contributed by atoms with Gasteiger partial charge in [0.25, 0.3) is 5.91 Å². The molecule has 1 amide bonds. The van der Waals surface area contributed by atoms with Crippen LogP contribution in [-0.4, -0.2) is 32.3 Å². The van der Waals surface area contributed by atoms with Crippen LogP contribution >= 0.6 is 0 Å². The first-order valence-corrected chi connectivity index (χ1v) is 11.1. The van der Waals surface area contributed by atoms with Gasteiger partial charge in [-0.1, -0.05) is 25.0 Å². The summed E-state index contributed by atoms with van der Waals surface area (Å²) < 4.78 is 17.4. The van der Waals surface area contributed by atoms with Gasteiger partial charge in [-0.3, -0.25) is 4.79 Å². The van der Waals surface area contributed by atoms with Crippen molar-refractivity contribution in [2.75, 3.05) is 25.2 Å². The van der Waals surface area contributed by atoms with Crippen molar-refractivity contribution in [2.45, 2.75) is 50.5 Å². The number of benzene rings is 2. The van der Waals surface area contributed by atoms with Crippen LogP contribution in [0.15, 0.2) is 42.5 Å². The van der Waals surface area contributed by atoms with E-state index < -0.39 is 6.10 Å². The molecule has 2 aliphatic carbocycles. The van der Waals surface area contributed by atoms with Gasteiger partial charge in [0.1, 0.15) is 5.75 Å². The number of methoxy groups -OCH3 is 1. The van der Waals surface area contributed by atoms with Crippen molar-refractivity contribution >= 4 is 11.6 Å². The van der Waals surface area contributed by atoms with E-state index >= 15 is 0 Å². The van der Waals surface area contributed by atoms with Gasteiger partial charge in [0.15, 0.2) is 17.6 Å². The van der Waals surface area contributed by atoms with Crippen LogP contribution in [0.5, 0.6) is 17.2 Å². The Morgan fingerprint density at radius 3 is 2.47 bits per heavy atom. The second-order valence-electron chi connectivity index (χ2n) is 8.64. The Balaban J connectivity index is 1.22. The third kappa shape index (κ3) is 4.25. The molecule has 1 aliphatic heterocycles. The molecule has 5 nitrogen and oxygen atoms in total. The van der Waals surface area contributed by atoms with Gasteiger partial charge in [-0.25, -0.2) is 0 Å². The Kier molecular flexibility index (Phi) is 5.28. The van der Waals surface area contributed by atoms with E-state index in [9.17, 15) is 4.79 Å². The van der Waals surface area contributed by atoms with E-state index in [1.807, 2.05) is 30.3 Å². The smallest absolute Gasteiger partial charge is 0.268 e. The number of anilines is 1. The zero-order chi connectivity index (χ0) is 20.5. The van der Waals surface area contributed by atoms with Crippen LogP contribution in [0.3, 0.4) is 0 Å². The van der Waals surface area contributed by atoms with Gasteiger partial charge < -0.3 is 19.1 Å². The number of rotatable bonds is 9. The van der Waals surface area contributed by atoms with E-state index in [2.05, 4.69) is 12.1 Å². The van der Waals surface area contributed by atoms with E-state index in [0.717, 1.165) is 35.4 Å². The number of hydrogen-bond donors (Lipinski definition) is 0. The molecular weight excluding hydrogens is 378 g/mol. The monoisotopic (exact) mass is 407 g/mol. The van der Waals surface area contributed by atoms with Gasteiger partial charge in [0.2, 0.25) is 0 Å². The zero-order valence-electron chi connectivity index (χ0n) is 17.5. The molecule has 1 heterocycles. The summed E-state index contributed by atoms with van der Waals surface area (Å²) in [4.78, 5) is 14.7. The lowest BCUT2D eigenvalue weighted by molar-refractivity contribution is -0.122. The minimum Gasteiger partial charge on any atom is -0.493 e. The third-order valence-corrected chi connectivity index (χ3v) is 6.30. The van der Waals surface area contributed by atoms with E-state index in [1.165, 1.54) is 31.2 Å². The van der Waals surface area contributed by atoms with Crippen molar-refractivity contribution in [3.05, 3.63) is 48.0 Å². The summed E-state index contributed by atoms with van der Waals surface area (Å²) in [7, 11) is 1.63. The highest BCUT2D eigenvalue weighted by molar-refractivity contribution is 5.99. The maximum Gasteiger partial charge on any atom is 0.268 e. The van der Waals surface area contributed by atoms with Crippen molar-refractivity contribution in [2.24, 2.45) is 5.92 Å². The van der Waals surface area contributed by atoms with Crippen molar-refractivity contribution in [3.8, 4) is 17.2 Å². The Labute approximate surface area is 177 Å². The Morgan fingerprint density at radius 1 is 0.967 bits per heavy atom. The first kappa shape index (κ1) is 19.3. The fraction of sp³-hybridized carbons (Fsp3) is 0.480. The molecule has 0 bridgehead atoms. The maximum atomic E-state index is 13.0. The highest BCUT2D eigenvalue weighted by Crippen LogP contribution is 2.40. The molecule has 1 unspecified atom stereocenters. The van der Waals surface area contributed by atoms with E-state index in [1.54, 1.807) is 12.0 Å². The van der Waals surface area contributed by atoms with Crippen LogP contribution in [0.1, 0.15) is 50.0 Å². The average molecular weight is 408 g/mol. The second kappa shape index (κ2) is 8.21. The normalized spacial score (nSPS) is 21.0. The molecule has 0 aromatic heterocycles. The second-order valence-corrected chi connectivity index (χ2v) is 8.64. The molecule has 2 aromatic carbocycles. The molecule has 30 heavy (non-hydrogen) atoms. The molecule has 0 N–H and O–H groups in total. The molecule has 2 saturated carbocycles. The minimum atomic E-state index is -0.447. The fourth-order valence-corrected chi connectivity index (χ4v) is 4.10. The van der Waals surface area contributed by atoms with Gasteiger partial charge in [-0.2, -0.15) is 0 Å². The number of ether oxygens (including phenoxy) is 3. The van der Waals surface area contributed by atoms with Gasteiger partial charge in [0.05, 0.1) is 13.7 Å². The molecule has 0 radical (unpaired) electrons. The first-order valence-electron chi connectivity index (χ1n) is 11.1. The van der Waals surface area contributed by atoms with Gasteiger partial charge >= 0.3 is 0 Å². The van der Waals surface area contributed by atoms with E-state index in [4.69, 9.17) is 14.2 Å².